The summed E-state index contributed by atoms with van der Waals surface area (Å²) in [4.78, 5) is 23.1. The topological polar surface area (TPSA) is 112 Å². The van der Waals surface area contributed by atoms with E-state index in [1.165, 1.54) is 12.2 Å². The molecular formula is C27H32O8. The van der Waals surface area contributed by atoms with E-state index in [-0.39, 0.29) is 31.5 Å². The number of hydrogen-bond donors (Lipinski definition) is 2. The molecule has 2 rings (SSSR count). The Morgan fingerprint density at radius 1 is 0.771 bits per heavy atom. The van der Waals surface area contributed by atoms with E-state index in [1.54, 1.807) is 24.3 Å². The third kappa shape index (κ3) is 8.92. The van der Waals surface area contributed by atoms with Gasteiger partial charge in [-0.25, -0.2) is 0 Å². The maximum absolute atomic E-state index is 11.6. The van der Waals surface area contributed by atoms with E-state index in [1.807, 2.05) is 38.1 Å². The Labute approximate surface area is 205 Å². The predicted molar refractivity (Wildman–Crippen MR) is 130 cm³/mol. The number of carbonyl (C=O) groups is 2. The highest BCUT2D eigenvalue weighted by molar-refractivity contribution is 5.70. The maximum Gasteiger partial charge on any atom is 0.312 e. The van der Waals surface area contributed by atoms with Crippen LogP contribution in [0.25, 0.3) is 0 Å². The third-order valence-electron chi connectivity index (χ3n) is 5.10. The summed E-state index contributed by atoms with van der Waals surface area (Å²) in [7, 11) is 0. The number of benzene rings is 2. The van der Waals surface area contributed by atoms with Crippen molar-refractivity contribution in [3.05, 3.63) is 85.0 Å². The molecule has 0 saturated heterocycles. The van der Waals surface area contributed by atoms with Crippen LogP contribution in [0.4, 0.5) is 0 Å². The van der Waals surface area contributed by atoms with Gasteiger partial charge in [0, 0.05) is 5.41 Å². The Balaban J connectivity index is 1.96. The first kappa shape index (κ1) is 27.6. The lowest BCUT2D eigenvalue weighted by molar-refractivity contribution is -0.150. The van der Waals surface area contributed by atoms with Crippen LogP contribution in [0.5, 0.6) is 11.5 Å². The number of aliphatic hydroxyl groups excluding tert-OH is 2. The fourth-order valence-corrected chi connectivity index (χ4v) is 3.17. The van der Waals surface area contributed by atoms with E-state index in [0.29, 0.717) is 11.5 Å². The first-order valence-corrected chi connectivity index (χ1v) is 11.1. The van der Waals surface area contributed by atoms with Gasteiger partial charge in [-0.1, -0.05) is 63.4 Å². The van der Waals surface area contributed by atoms with E-state index in [2.05, 4.69) is 13.2 Å². The van der Waals surface area contributed by atoms with E-state index < -0.39 is 24.5 Å². The Hall–Kier alpha value is -3.62. The summed E-state index contributed by atoms with van der Waals surface area (Å²) >= 11 is 0. The smallest absolute Gasteiger partial charge is 0.312 e. The molecule has 8 nitrogen and oxygen atoms in total. The summed E-state index contributed by atoms with van der Waals surface area (Å²) in [6.45, 7) is 11.2. The van der Waals surface area contributed by atoms with Gasteiger partial charge in [0.1, 0.15) is 37.6 Å². The van der Waals surface area contributed by atoms with Crippen LogP contribution in [0.2, 0.25) is 0 Å². The molecule has 2 N–H and O–H groups in total. The second-order valence-electron chi connectivity index (χ2n) is 8.17. The highest BCUT2D eigenvalue weighted by Gasteiger charge is 2.24. The third-order valence-corrected chi connectivity index (χ3v) is 5.10. The molecule has 0 aliphatic rings. The van der Waals surface area contributed by atoms with E-state index >= 15 is 0 Å². The molecule has 0 radical (unpaired) electrons. The Morgan fingerprint density at radius 3 is 1.43 bits per heavy atom. The van der Waals surface area contributed by atoms with E-state index in [4.69, 9.17) is 18.9 Å². The van der Waals surface area contributed by atoms with Gasteiger partial charge in [0.25, 0.3) is 0 Å². The van der Waals surface area contributed by atoms with Gasteiger partial charge in [-0.3, -0.25) is 9.59 Å². The molecule has 0 fully saturated rings. The number of esters is 2. The molecule has 0 aromatic heterocycles. The second-order valence-corrected chi connectivity index (χ2v) is 8.17. The fraction of sp³-hybridized carbons (Fsp3) is 0.333. The molecule has 0 heterocycles. The zero-order valence-electron chi connectivity index (χ0n) is 20.0. The number of aliphatic hydroxyl groups is 2. The largest absolute Gasteiger partial charge is 0.465 e. The Bertz CT molecular complexity index is 900. The molecule has 188 valence electrons. The van der Waals surface area contributed by atoms with Crippen molar-refractivity contribution in [2.24, 2.45) is 0 Å². The summed E-state index contributed by atoms with van der Waals surface area (Å²) in [5.41, 5.74) is 1.60. The summed E-state index contributed by atoms with van der Waals surface area (Å²) < 4.78 is 20.4. The van der Waals surface area contributed by atoms with Crippen LogP contribution in [0.15, 0.2) is 73.8 Å². The monoisotopic (exact) mass is 484 g/mol. The van der Waals surface area contributed by atoms with Crippen molar-refractivity contribution < 1.29 is 38.7 Å². The second kappa shape index (κ2) is 13.3. The Kier molecular flexibility index (Phi) is 10.5. The van der Waals surface area contributed by atoms with Gasteiger partial charge in [-0.2, -0.15) is 0 Å². The van der Waals surface area contributed by atoms with Gasteiger partial charge >= 0.3 is 11.9 Å². The van der Waals surface area contributed by atoms with Gasteiger partial charge in [-0.15, -0.1) is 0 Å². The number of hydrogen-bond acceptors (Lipinski definition) is 8. The number of carbonyl (C=O) groups excluding carboxylic acids is 2. The number of rotatable bonds is 14. The summed E-state index contributed by atoms with van der Waals surface area (Å²) in [6, 6.07) is 14.4. The number of ether oxygens (including phenoxy) is 4. The van der Waals surface area contributed by atoms with Crippen LogP contribution < -0.4 is 9.47 Å². The van der Waals surface area contributed by atoms with Crippen LogP contribution in [-0.2, 0) is 24.5 Å². The standard InChI is InChI=1S/C27H32O8/c1-5-15-32-23(28)17-25(30)34-21-11-7-19(8-12-21)27(3,4)20-9-13-22(14-10-20)35-26(31)18-24(29)33-16-6-2/h5-14,25-26,30-31H,1-2,15-18H2,3-4H3. The molecule has 0 aliphatic heterocycles. The van der Waals surface area contributed by atoms with Crippen LogP contribution in [0.3, 0.4) is 0 Å². The minimum Gasteiger partial charge on any atom is -0.465 e. The summed E-state index contributed by atoms with van der Waals surface area (Å²) in [5, 5.41) is 19.9. The maximum atomic E-state index is 11.6. The lowest BCUT2D eigenvalue weighted by Gasteiger charge is -2.27. The normalized spacial score (nSPS) is 12.7. The molecule has 2 aromatic rings. The fourth-order valence-electron chi connectivity index (χ4n) is 3.17. The molecule has 35 heavy (non-hydrogen) atoms. The Morgan fingerprint density at radius 2 is 1.11 bits per heavy atom. The van der Waals surface area contributed by atoms with Gasteiger partial charge in [0.15, 0.2) is 0 Å². The molecule has 0 saturated carbocycles. The van der Waals surface area contributed by atoms with Gasteiger partial charge < -0.3 is 29.2 Å². The van der Waals surface area contributed by atoms with Crippen molar-refractivity contribution in [3.63, 3.8) is 0 Å². The average Bonchev–Trinajstić information content (AvgIpc) is 2.82. The minimum atomic E-state index is -1.32. The zero-order valence-corrected chi connectivity index (χ0v) is 20.0. The van der Waals surface area contributed by atoms with Crippen LogP contribution >= 0.6 is 0 Å². The van der Waals surface area contributed by atoms with Crippen LogP contribution in [0, 0.1) is 0 Å². The van der Waals surface area contributed by atoms with Gasteiger partial charge in [0.05, 0.1) is 0 Å². The lowest BCUT2D eigenvalue weighted by Crippen LogP contribution is -2.22. The molecule has 8 heteroatoms. The van der Waals surface area contributed by atoms with Crippen molar-refractivity contribution in [1.29, 1.82) is 0 Å². The van der Waals surface area contributed by atoms with Crippen molar-refractivity contribution in [1.82, 2.24) is 0 Å². The summed E-state index contributed by atoms with van der Waals surface area (Å²) in [6.07, 6.45) is -0.337. The predicted octanol–water partition coefficient (Wildman–Crippen LogP) is 3.65. The minimum absolute atomic E-state index is 0.0771. The highest BCUT2D eigenvalue weighted by atomic mass is 16.6. The molecule has 0 bridgehead atoms. The van der Waals surface area contributed by atoms with Crippen molar-refractivity contribution in [3.8, 4) is 11.5 Å². The molecule has 2 unspecified atom stereocenters. The molecular weight excluding hydrogens is 452 g/mol. The van der Waals surface area contributed by atoms with E-state index in [0.717, 1.165) is 11.1 Å². The van der Waals surface area contributed by atoms with Gasteiger partial charge in [0.2, 0.25) is 12.6 Å². The van der Waals surface area contributed by atoms with Crippen LogP contribution in [-0.4, -0.2) is 47.9 Å². The first-order chi connectivity index (χ1) is 16.6. The van der Waals surface area contributed by atoms with Crippen molar-refractivity contribution >= 4 is 11.9 Å². The molecule has 2 aromatic carbocycles. The molecule has 2 atom stereocenters. The molecule has 0 spiro atoms. The molecule has 0 aliphatic carbocycles. The summed E-state index contributed by atoms with van der Waals surface area (Å²) in [5.74, 6) is -0.332. The highest BCUT2D eigenvalue weighted by Crippen LogP contribution is 2.33. The first-order valence-electron chi connectivity index (χ1n) is 11.1. The molecule has 0 amide bonds. The quantitative estimate of drug-likeness (QED) is 0.238. The average molecular weight is 485 g/mol. The van der Waals surface area contributed by atoms with Gasteiger partial charge in [-0.05, 0) is 35.4 Å². The van der Waals surface area contributed by atoms with Crippen molar-refractivity contribution in [2.45, 2.75) is 44.7 Å². The zero-order chi connectivity index (χ0) is 25.8. The van der Waals surface area contributed by atoms with Crippen LogP contribution in [0.1, 0.15) is 37.8 Å². The van der Waals surface area contributed by atoms with Crippen molar-refractivity contribution in [2.75, 3.05) is 13.2 Å². The van der Waals surface area contributed by atoms with E-state index in [9.17, 15) is 19.8 Å². The SMILES string of the molecule is C=CCOC(=O)CC(O)Oc1ccc(C(C)(C)c2ccc(OC(O)CC(=O)OCC=C)cc2)cc1. The lowest BCUT2D eigenvalue weighted by atomic mass is 9.78.